The number of nitrogens with one attached hydrogen (secondary N) is 1. The van der Waals surface area contributed by atoms with Gasteiger partial charge in [0.1, 0.15) is 6.04 Å². The van der Waals surface area contributed by atoms with Gasteiger partial charge < -0.3 is 9.64 Å². The van der Waals surface area contributed by atoms with Crippen LogP contribution >= 0.6 is 0 Å². The lowest BCUT2D eigenvalue weighted by Crippen LogP contribution is -2.53. The average Bonchev–Trinajstić information content (AvgIpc) is 2.81. The molecule has 0 aromatic heterocycles. The molecule has 2 aromatic rings. The van der Waals surface area contributed by atoms with Crippen molar-refractivity contribution in [3.63, 3.8) is 0 Å². The van der Waals surface area contributed by atoms with E-state index in [4.69, 9.17) is 4.74 Å². The summed E-state index contributed by atoms with van der Waals surface area (Å²) in [5, 5.41) is 1.44. The maximum Gasteiger partial charge on any atom is 0.309 e. The van der Waals surface area contributed by atoms with Crippen LogP contribution in [0.25, 0.3) is 10.8 Å². The molecule has 8 heteroatoms. The van der Waals surface area contributed by atoms with Gasteiger partial charge in [0.25, 0.3) is 0 Å². The van der Waals surface area contributed by atoms with Crippen molar-refractivity contribution in [2.24, 2.45) is 11.8 Å². The fraction of sp³-hybridized carbons (Fsp3) is 0.500. The predicted octanol–water partition coefficient (Wildman–Crippen LogP) is 3.33. The van der Waals surface area contributed by atoms with Gasteiger partial charge in [0.2, 0.25) is 15.9 Å². The number of hydrogen-bond acceptors (Lipinski definition) is 5. The number of piperidine rings is 1. The van der Waals surface area contributed by atoms with E-state index in [1.54, 1.807) is 36.1 Å². The van der Waals surface area contributed by atoms with E-state index in [0.29, 0.717) is 44.3 Å². The summed E-state index contributed by atoms with van der Waals surface area (Å²) in [4.78, 5) is 27.2. The van der Waals surface area contributed by atoms with Crippen LogP contribution in [-0.4, -0.2) is 50.9 Å². The third-order valence-electron chi connectivity index (χ3n) is 6.23. The average molecular weight is 461 g/mol. The Kier molecular flexibility index (Phi) is 7.90. The summed E-state index contributed by atoms with van der Waals surface area (Å²) in [6, 6.07) is 11.5. The van der Waals surface area contributed by atoms with Crippen molar-refractivity contribution in [1.82, 2.24) is 9.62 Å². The molecule has 1 aliphatic rings. The molecule has 1 saturated heterocycles. The second-order valence-electron chi connectivity index (χ2n) is 8.31. The summed E-state index contributed by atoms with van der Waals surface area (Å²) >= 11 is 0. The molecule has 0 aliphatic carbocycles. The van der Waals surface area contributed by atoms with Crippen molar-refractivity contribution in [3.8, 4) is 0 Å². The molecule has 2 aromatic carbocycles. The van der Waals surface area contributed by atoms with Crippen molar-refractivity contribution in [1.29, 1.82) is 0 Å². The van der Waals surface area contributed by atoms with Crippen LogP contribution in [0.15, 0.2) is 47.4 Å². The lowest BCUT2D eigenvalue weighted by Gasteiger charge is -2.35. The number of nitrogens with zero attached hydrogens (tertiary/aromatic N) is 1. The number of fused-ring (bicyclic) bond motifs is 1. The van der Waals surface area contributed by atoms with E-state index >= 15 is 0 Å². The van der Waals surface area contributed by atoms with Gasteiger partial charge in [-0.25, -0.2) is 8.42 Å². The van der Waals surface area contributed by atoms with Gasteiger partial charge in [-0.15, -0.1) is 0 Å². The maximum absolute atomic E-state index is 13.4. The van der Waals surface area contributed by atoms with Crippen molar-refractivity contribution in [2.45, 2.75) is 51.0 Å². The fourth-order valence-corrected chi connectivity index (χ4v) is 5.63. The molecule has 2 atom stereocenters. The number of esters is 1. The zero-order valence-corrected chi connectivity index (χ0v) is 19.7. The van der Waals surface area contributed by atoms with Crippen LogP contribution in [0.3, 0.4) is 0 Å². The van der Waals surface area contributed by atoms with Gasteiger partial charge in [0, 0.05) is 18.5 Å². The second kappa shape index (κ2) is 10.4. The summed E-state index contributed by atoms with van der Waals surface area (Å²) in [5.74, 6) is -0.872. The van der Waals surface area contributed by atoms with Crippen molar-refractivity contribution < 1.29 is 22.7 Å². The number of benzene rings is 2. The van der Waals surface area contributed by atoms with Crippen molar-refractivity contribution in [3.05, 3.63) is 42.5 Å². The SMILES string of the molecule is CCOC(=O)C1CCN(C(=O)C(NS(=O)(=O)c2cccc3ccccc23)C(C)CC)CC1. The van der Waals surface area contributed by atoms with Gasteiger partial charge in [-0.1, -0.05) is 56.7 Å². The Morgan fingerprint density at radius 3 is 2.41 bits per heavy atom. The number of carbonyl (C=O) groups is 2. The van der Waals surface area contributed by atoms with Gasteiger partial charge in [-0.05, 0) is 37.1 Å². The topological polar surface area (TPSA) is 92.8 Å². The number of likely N-dealkylation sites (tertiary alicyclic amines) is 1. The van der Waals surface area contributed by atoms with E-state index in [0.717, 1.165) is 5.39 Å². The van der Waals surface area contributed by atoms with E-state index in [1.807, 2.05) is 32.0 Å². The molecular weight excluding hydrogens is 428 g/mol. The number of amides is 1. The Morgan fingerprint density at radius 2 is 1.75 bits per heavy atom. The predicted molar refractivity (Wildman–Crippen MR) is 123 cm³/mol. The first-order valence-electron chi connectivity index (χ1n) is 11.2. The molecule has 1 N–H and O–H groups in total. The van der Waals surface area contributed by atoms with Crippen LogP contribution in [-0.2, 0) is 24.3 Å². The van der Waals surface area contributed by atoms with Crippen LogP contribution in [0.2, 0.25) is 0 Å². The van der Waals surface area contributed by atoms with Crippen LogP contribution in [0.5, 0.6) is 0 Å². The first kappa shape index (κ1) is 24.2. The zero-order valence-electron chi connectivity index (χ0n) is 18.9. The van der Waals surface area contributed by atoms with Crippen LogP contribution < -0.4 is 4.72 Å². The molecule has 0 spiro atoms. The quantitative estimate of drug-likeness (QED) is 0.610. The van der Waals surface area contributed by atoms with E-state index in [-0.39, 0.29) is 28.6 Å². The monoisotopic (exact) mass is 460 g/mol. The summed E-state index contributed by atoms with van der Waals surface area (Å²) in [7, 11) is -3.93. The number of sulfonamides is 1. The molecule has 1 aliphatic heterocycles. The smallest absolute Gasteiger partial charge is 0.309 e. The fourth-order valence-electron chi connectivity index (χ4n) is 4.10. The highest BCUT2D eigenvalue weighted by atomic mass is 32.2. The Bertz CT molecular complexity index is 1060. The van der Waals surface area contributed by atoms with Crippen LogP contribution in [0.1, 0.15) is 40.0 Å². The van der Waals surface area contributed by atoms with Crippen LogP contribution in [0, 0.1) is 11.8 Å². The standard InChI is InChI=1S/C24H32N2O5S/c1-4-17(3)22(23(27)26-15-13-19(14-16-26)24(28)31-5-2)25-32(29,30)21-12-8-10-18-9-6-7-11-20(18)21/h6-12,17,19,22,25H,4-5,13-16H2,1-3H3. The van der Waals surface area contributed by atoms with Gasteiger partial charge in [-0.2, -0.15) is 4.72 Å². The zero-order chi connectivity index (χ0) is 23.3. The first-order valence-corrected chi connectivity index (χ1v) is 12.7. The largest absolute Gasteiger partial charge is 0.466 e. The number of rotatable bonds is 8. The third kappa shape index (κ3) is 5.30. The minimum Gasteiger partial charge on any atom is -0.466 e. The lowest BCUT2D eigenvalue weighted by molar-refractivity contribution is -0.151. The molecule has 1 heterocycles. The summed E-state index contributed by atoms with van der Waals surface area (Å²) in [5.41, 5.74) is 0. The molecule has 174 valence electrons. The van der Waals surface area contributed by atoms with E-state index in [9.17, 15) is 18.0 Å². The second-order valence-corrected chi connectivity index (χ2v) is 10.00. The molecule has 1 fully saturated rings. The minimum atomic E-state index is -3.93. The molecule has 7 nitrogen and oxygen atoms in total. The van der Waals surface area contributed by atoms with Gasteiger partial charge in [0.15, 0.2) is 0 Å². The Labute approximate surface area is 190 Å². The van der Waals surface area contributed by atoms with Crippen LogP contribution in [0.4, 0.5) is 0 Å². The molecule has 0 bridgehead atoms. The minimum absolute atomic E-state index is 0.165. The van der Waals surface area contributed by atoms with E-state index in [2.05, 4.69) is 4.72 Å². The summed E-state index contributed by atoms with van der Waals surface area (Å²) < 4.78 is 34.5. The molecule has 32 heavy (non-hydrogen) atoms. The molecule has 0 radical (unpaired) electrons. The molecule has 0 saturated carbocycles. The highest BCUT2D eigenvalue weighted by Crippen LogP contribution is 2.25. The van der Waals surface area contributed by atoms with Crippen molar-refractivity contribution >= 4 is 32.7 Å². The highest BCUT2D eigenvalue weighted by molar-refractivity contribution is 7.89. The van der Waals surface area contributed by atoms with Gasteiger partial charge in [0.05, 0.1) is 17.4 Å². The number of ether oxygens (including phenoxy) is 1. The number of hydrogen-bond donors (Lipinski definition) is 1. The highest BCUT2D eigenvalue weighted by Gasteiger charge is 2.36. The van der Waals surface area contributed by atoms with Crippen molar-refractivity contribution in [2.75, 3.05) is 19.7 Å². The summed E-state index contributed by atoms with van der Waals surface area (Å²) in [6.45, 7) is 6.74. The Balaban J connectivity index is 1.80. The normalized spacial score (nSPS) is 17.2. The molecule has 3 rings (SSSR count). The Hall–Kier alpha value is -2.45. The van der Waals surface area contributed by atoms with E-state index in [1.165, 1.54) is 0 Å². The van der Waals surface area contributed by atoms with Gasteiger partial charge >= 0.3 is 5.97 Å². The molecular formula is C24H32N2O5S. The first-order chi connectivity index (χ1) is 15.3. The number of carbonyl (C=O) groups excluding carboxylic acids is 2. The van der Waals surface area contributed by atoms with Gasteiger partial charge in [-0.3, -0.25) is 9.59 Å². The molecule has 1 amide bonds. The summed E-state index contributed by atoms with van der Waals surface area (Å²) in [6.07, 6.45) is 1.69. The Morgan fingerprint density at radius 1 is 1.09 bits per heavy atom. The van der Waals surface area contributed by atoms with E-state index < -0.39 is 16.1 Å². The third-order valence-corrected chi connectivity index (χ3v) is 7.73. The lowest BCUT2D eigenvalue weighted by atomic mass is 9.94. The maximum atomic E-state index is 13.4. The molecule has 2 unspecified atom stereocenters.